The molecule has 0 amide bonds. The van der Waals surface area contributed by atoms with Gasteiger partial charge in [-0.2, -0.15) is 0 Å². The number of ether oxygens (including phenoxy) is 1. The molecule has 2 heterocycles. The van der Waals surface area contributed by atoms with Crippen LogP contribution in [0.1, 0.15) is 63.0 Å². The lowest BCUT2D eigenvalue weighted by Crippen LogP contribution is -2.25. The molecule has 0 N–H and O–H groups in total. The van der Waals surface area contributed by atoms with Gasteiger partial charge in [-0.1, -0.05) is 31.9 Å². The number of nitrogens with zero attached hydrogens (tertiary/aromatic N) is 3. The van der Waals surface area contributed by atoms with Gasteiger partial charge in [0.15, 0.2) is 0 Å². The maximum Gasteiger partial charge on any atom is 0.307 e. The number of rotatable bonds is 11. The summed E-state index contributed by atoms with van der Waals surface area (Å²) < 4.78 is 7.26. The molecule has 152 valence electrons. The molecule has 0 saturated heterocycles. The van der Waals surface area contributed by atoms with Crippen LogP contribution in [0.5, 0.6) is 0 Å². The summed E-state index contributed by atoms with van der Waals surface area (Å²) in [5, 5.41) is 0. The third kappa shape index (κ3) is 5.37. The molecule has 0 saturated carbocycles. The van der Waals surface area contributed by atoms with Crippen LogP contribution in [0.4, 0.5) is 5.69 Å². The summed E-state index contributed by atoms with van der Waals surface area (Å²) in [4.78, 5) is 18.3. The van der Waals surface area contributed by atoms with Crippen molar-refractivity contribution in [3.8, 4) is 0 Å². The third-order valence-electron chi connectivity index (χ3n) is 5.57. The van der Waals surface area contributed by atoms with Crippen LogP contribution >= 0.6 is 0 Å². The molecule has 0 fully saturated rings. The normalized spacial score (nSPS) is 15.6. The Kier molecular flexibility index (Phi) is 7.52. The molecule has 1 aromatic carbocycles. The molecule has 5 heteroatoms. The lowest BCUT2D eigenvalue weighted by molar-refractivity contribution is -0.142. The number of carbonyl (C=O) groups excluding carboxylic acids is 1. The zero-order chi connectivity index (χ0) is 19.8. The Bertz CT molecular complexity index is 742. The molecule has 1 aliphatic rings. The van der Waals surface area contributed by atoms with Crippen molar-refractivity contribution in [2.24, 2.45) is 0 Å². The molecule has 0 bridgehead atoms. The highest BCUT2D eigenvalue weighted by molar-refractivity contribution is 5.71. The number of hydrogen-bond donors (Lipinski definition) is 0. The molecular formula is C23H33N3O2. The van der Waals surface area contributed by atoms with E-state index in [2.05, 4.69) is 39.6 Å². The first-order valence-corrected chi connectivity index (χ1v) is 10.7. The van der Waals surface area contributed by atoms with E-state index in [1.54, 1.807) is 0 Å². The Morgan fingerprint density at radius 2 is 2.14 bits per heavy atom. The van der Waals surface area contributed by atoms with Crippen molar-refractivity contribution in [3.05, 3.63) is 48.0 Å². The summed E-state index contributed by atoms with van der Waals surface area (Å²) in [6, 6.07) is 6.94. The number of esters is 1. The standard InChI is InChI=1S/C23H33N3O2/c1-3-5-6-7-19-8-9-22-21(16-19)20(10-13-25-15-12-24-18-25)17-26(22)14-11-23(27)28-4-2/h8-9,12,15-16,18,20H,3-7,10-11,13-14,17H2,1-2H3. The van der Waals surface area contributed by atoms with Gasteiger partial charge in [-0.25, -0.2) is 4.98 Å². The van der Waals surface area contributed by atoms with Crippen LogP contribution in [0.25, 0.3) is 0 Å². The minimum Gasteiger partial charge on any atom is -0.466 e. The fourth-order valence-electron chi connectivity index (χ4n) is 4.06. The van der Waals surface area contributed by atoms with Crippen LogP contribution in [0.3, 0.4) is 0 Å². The number of carbonyl (C=O) groups is 1. The average Bonchev–Trinajstić information content (AvgIpc) is 3.33. The van der Waals surface area contributed by atoms with Gasteiger partial charge in [-0.15, -0.1) is 0 Å². The molecule has 3 rings (SSSR count). The van der Waals surface area contributed by atoms with E-state index in [1.165, 1.54) is 36.1 Å². The molecule has 1 aromatic heterocycles. The predicted molar refractivity (Wildman–Crippen MR) is 113 cm³/mol. The van der Waals surface area contributed by atoms with Gasteiger partial charge >= 0.3 is 5.97 Å². The maximum atomic E-state index is 11.8. The lowest BCUT2D eigenvalue weighted by atomic mass is 9.94. The van der Waals surface area contributed by atoms with Gasteiger partial charge in [0.25, 0.3) is 0 Å². The summed E-state index contributed by atoms with van der Waals surface area (Å²) >= 11 is 0. The SMILES string of the molecule is CCCCCc1ccc2c(c1)C(CCn1ccnc1)CN2CCC(=O)OCC. The molecule has 0 radical (unpaired) electrons. The Morgan fingerprint density at radius 1 is 1.25 bits per heavy atom. The maximum absolute atomic E-state index is 11.8. The highest BCUT2D eigenvalue weighted by atomic mass is 16.5. The minimum atomic E-state index is -0.109. The van der Waals surface area contributed by atoms with Gasteiger partial charge in [0.1, 0.15) is 0 Å². The Balaban J connectivity index is 1.70. The number of imidazole rings is 1. The van der Waals surface area contributed by atoms with E-state index in [1.807, 2.05) is 25.6 Å². The molecule has 5 nitrogen and oxygen atoms in total. The Morgan fingerprint density at radius 3 is 2.89 bits per heavy atom. The number of benzene rings is 1. The zero-order valence-electron chi connectivity index (χ0n) is 17.3. The number of hydrogen-bond acceptors (Lipinski definition) is 4. The molecule has 0 spiro atoms. The second-order valence-corrected chi connectivity index (χ2v) is 7.64. The summed E-state index contributed by atoms with van der Waals surface area (Å²) in [6.45, 7) is 7.22. The lowest BCUT2D eigenvalue weighted by Gasteiger charge is -2.19. The Labute approximate surface area is 168 Å². The van der Waals surface area contributed by atoms with E-state index >= 15 is 0 Å². The Hall–Kier alpha value is -2.30. The largest absolute Gasteiger partial charge is 0.466 e. The minimum absolute atomic E-state index is 0.109. The third-order valence-corrected chi connectivity index (χ3v) is 5.57. The van der Waals surface area contributed by atoms with E-state index in [0.29, 0.717) is 18.9 Å². The first-order valence-electron chi connectivity index (χ1n) is 10.7. The fraction of sp³-hybridized carbons (Fsp3) is 0.565. The van der Waals surface area contributed by atoms with Crippen LogP contribution in [-0.4, -0.2) is 35.2 Å². The van der Waals surface area contributed by atoms with Gasteiger partial charge in [0.05, 0.1) is 19.4 Å². The van der Waals surface area contributed by atoms with Crippen molar-refractivity contribution in [2.45, 2.75) is 64.8 Å². The van der Waals surface area contributed by atoms with Crippen molar-refractivity contribution < 1.29 is 9.53 Å². The summed E-state index contributed by atoms with van der Waals surface area (Å²) in [6.07, 6.45) is 12.2. The average molecular weight is 384 g/mol. The molecule has 0 aliphatic carbocycles. The fourth-order valence-corrected chi connectivity index (χ4v) is 4.06. The summed E-state index contributed by atoms with van der Waals surface area (Å²) in [5.74, 6) is 0.382. The van der Waals surface area contributed by atoms with Crippen LogP contribution in [0.2, 0.25) is 0 Å². The molecule has 28 heavy (non-hydrogen) atoms. The van der Waals surface area contributed by atoms with Crippen molar-refractivity contribution in [2.75, 3.05) is 24.6 Å². The topological polar surface area (TPSA) is 47.4 Å². The van der Waals surface area contributed by atoms with Crippen LogP contribution < -0.4 is 4.90 Å². The highest BCUT2D eigenvalue weighted by Crippen LogP contribution is 2.39. The van der Waals surface area contributed by atoms with Crippen molar-refractivity contribution in [1.82, 2.24) is 9.55 Å². The van der Waals surface area contributed by atoms with E-state index in [9.17, 15) is 4.79 Å². The summed E-state index contributed by atoms with van der Waals surface area (Å²) in [7, 11) is 0. The van der Waals surface area contributed by atoms with Gasteiger partial charge in [0, 0.05) is 43.6 Å². The van der Waals surface area contributed by atoms with Crippen LogP contribution in [0, 0.1) is 0 Å². The summed E-state index contributed by atoms with van der Waals surface area (Å²) in [5.41, 5.74) is 4.17. The number of fused-ring (bicyclic) bond motifs is 1. The smallest absolute Gasteiger partial charge is 0.307 e. The molecule has 1 atom stereocenters. The number of aromatic nitrogens is 2. The number of anilines is 1. The molecule has 1 unspecified atom stereocenters. The second kappa shape index (κ2) is 10.3. The second-order valence-electron chi connectivity index (χ2n) is 7.64. The van der Waals surface area contributed by atoms with Gasteiger partial charge in [0.2, 0.25) is 0 Å². The quantitative estimate of drug-likeness (QED) is 0.421. The highest BCUT2D eigenvalue weighted by Gasteiger charge is 2.28. The van der Waals surface area contributed by atoms with Crippen LogP contribution in [-0.2, 0) is 22.5 Å². The van der Waals surface area contributed by atoms with Gasteiger partial charge in [-0.3, -0.25) is 4.79 Å². The van der Waals surface area contributed by atoms with Gasteiger partial charge < -0.3 is 14.2 Å². The van der Waals surface area contributed by atoms with E-state index < -0.39 is 0 Å². The zero-order valence-corrected chi connectivity index (χ0v) is 17.3. The van der Waals surface area contributed by atoms with Crippen molar-refractivity contribution in [3.63, 3.8) is 0 Å². The van der Waals surface area contributed by atoms with E-state index in [4.69, 9.17) is 4.74 Å². The molecular weight excluding hydrogens is 350 g/mol. The molecule has 2 aromatic rings. The van der Waals surface area contributed by atoms with E-state index in [-0.39, 0.29) is 5.97 Å². The monoisotopic (exact) mass is 383 g/mol. The number of unbranched alkanes of at least 4 members (excludes halogenated alkanes) is 2. The van der Waals surface area contributed by atoms with E-state index in [0.717, 1.165) is 32.5 Å². The predicted octanol–water partition coefficient (Wildman–Crippen LogP) is 4.56. The van der Waals surface area contributed by atoms with Crippen molar-refractivity contribution in [1.29, 1.82) is 0 Å². The first kappa shape index (κ1) is 20.4. The number of aryl methyl sites for hydroxylation is 2. The van der Waals surface area contributed by atoms with Gasteiger partial charge in [-0.05, 0) is 43.4 Å². The first-order chi connectivity index (χ1) is 13.7. The van der Waals surface area contributed by atoms with Crippen molar-refractivity contribution >= 4 is 11.7 Å². The molecule has 1 aliphatic heterocycles. The van der Waals surface area contributed by atoms with Crippen LogP contribution in [0.15, 0.2) is 36.9 Å².